The molecule has 1 aromatic rings. The van der Waals surface area contributed by atoms with Crippen molar-refractivity contribution in [1.29, 1.82) is 0 Å². The molecule has 0 spiro atoms. The second-order valence-electron chi connectivity index (χ2n) is 7.02. The summed E-state index contributed by atoms with van der Waals surface area (Å²) in [6, 6.07) is 8.55. The van der Waals surface area contributed by atoms with E-state index in [9.17, 15) is 4.79 Å². The number of nitrogens with zero attached hydrogens (tertiary/aromatic N) is 1. The van der Waals surface area contributed by atoms with E-state index in [4.69, 9.17) is 10.5 Å². The van der Waals surface area contributed by atoms with Crippen LogP contribution in [0.1, 0.15) is 24.0 Å². The predicted octanol–water partition coefficient (Wildman–Crippen LogP) is 0.708. The lowest BCUT2D eigenvalue weighted by Gasteiger charge is -2.36. The van der Waals surface area contributed by atoms with Gasteiger partial charge in [-0.15, -0.1) is 0 Å². The molecule has 1 aromatic carbocycles. The standard InChI is InChI=1S/C18H27N3O2/c1-21(2)18(9-13-5-3-4-6-14(13)10-18)12-20-17(22)16-8-7-15(11-19)23-16/h3-6,15-16H,7-12,19H2,1-2H3,(H,20,22)/t15-,16+/m1/s1. The van der Waals surface area contributed by atoms with Gasteiger partial charge in [-0.25, -0.2) is 0 Å². The zero-order chi connectivity index (χ0) is 16.4. The quantitative estimate of drug-likeness (QED) is 0.839. The Hall–Kier alpha value is -1.43. The number of nitrogens with one attached hydrogen (secondary N) is 1. The van der Waals surface area contributed by atoms with Gasteiger partial charge in [-0.1, -0.05) is 24.3 Å². The Morgan fingerprint density at radius 2 is 1.96 bits per heavy atom. The SMILES string of the molecule is CN(C)C1(CNC(=O)[C@@H]2CC[C@H](CN)O2)Cc2ccccc2C1. The molecular weight excluding hydrogens is 290 g/mol. The molecule has 2 aliphatic rings. The van der Waals surface area contributed by atoms with Crippen LogP contribution in [0.2, 0.25) is 0 Å². The van der Waals surface area contributed by atoms with Crippen molar-refractivity contribution in [2.75, 3.05) is 27.2 Å². The van der Waals surface area contributed by atoms with Crippen molar-refractivity contribution in [1.82, 2.24) is 10.2 Å². The highest BCUT2D eigenvalue weighted by Gasteiger charge is 2.40. The third-order valence-corrected chi connectivity index (χ3v) is 5.36. The van der Waals surface area contributed by atoms with Crippen LogP contribution in [0, 0.1) is 0 Å². The van der Waals surface area contributed by atoms with Gasteiger partial charge in [0.25, 0.3) is 0 Å². The van der Waals surface area contributed by atoms with Crippen molar-refractivity contribution in [2.45, 2.75) is 43.4 Å². The summed E-state index contributed by atoms with van der Waals surface area (Å²) in [5.74, 6) is -0.00173. The fourth-order valence-electron chi connectivity index (χ4n) is 3.71. The summed E-state index contributed by atoms with van der Waals surface area (Å²) < 4.78 is 5.69. The lowest BCUT2D eigenvalue weighted by atomic mass is 9.94. The smallest absolute Gasteiger partial charge is 0.249 e. The lowest BCUT2D eigenvalue weighted by Crippen LogP contribution is -2.54. The van der Waals surface area contributed by atoms with Crippen LogP contribution in [-0.2, 0) is 22.4 Å². The monoisotopic (exact) mass is 317 g/mol. The zero-order valence-corrected chi connectivity index (χ0v) is 14.0. The van der Waals surface area contributed by atoms with Gasteiger partial charge in [-0.05, 0) is 50.9 Å². The van der Waals surface area contributed by atoms with Gasteiger partial charge in [0, 0.05) is 18.6 Å². The van der Waals surface area contributed by atoms with Crippen LogP contribution in [0.4, 0.5) is 0 Å². The van der Waals surface area contributed by atoms with Gasteiger partial charge in [0.2, 0.25) is 5.91 Å². The van der Waals surface area contributed by atoms with E-state index >= 15 is 0 Å². The summed E-state index contributed by atoms with van der Waals surface area (Å²) in [6.45, 7) is 1.13. The molecule has 1 aliphatic heterocycles. The van der Waals surface area contributed by atoms with Gasteiger partial charge in [-0.2, -0.15) is 0 Å². The summed E-state index contributed by atoms with van der Waals surface area (Å²) >= 11 is 0. The molecular formula is C18H27N3O2. The van der Waals surface area contributed by atoms with E-state index in [1.165, 1.54) is 11.1 Å². The van der Waals surface area contributed by atoms with Crippen LogP contribution in [0.3, 0.4) is 0 Å². The number of amides is 1. The van der Waals surface area contributed by atoms with E-state index in [0.29, 0.717) is 13.1 Å². The fraction of sp³-hybridized carbons (Fsp3) is 0.611. The normalized spacial score (nSPS) is 25.6. The highest BCUT2D eigenvalue weighted by Crippen LogP contribution is 2.33. The van der Waals surface area contributed by atoms with Crippen LogP contribution in [0.15, 0.2) is 24.3 Å². The Kier molecular flexibility index (Phi) is 4.71. The van der Waals surface area contributed by atoms with Gasteiger partial charge in [0.05, 0.1) is 6.10 Å². The molecule has 1 aliphatic carbocycles. The molecule has 1 saturated heterocycles. The highest BCUT2D eigenvalue weighted by atomic mass is 16.5. The Balaban J connectivity index is 1.63. The summed E-state index contributed by atoms with van der Waals surface area (Å²) in [5, 5.41) is 3.12. The molecule has 3 N–H and O–H groups in total. The summed E-state index contributed by atoms with van der Waals surface area (Å²) in [7, 11) is 4.18. The number of carbonyl (C=O) groups excluding carboxylic acids is 1. The number of carbonyl (C=O) groups is 1. The van der Waals surface area contributed by atoms with Gasteiger partial charge in [0.1, 0.15) is 6.10 Å². The maximum absolute atomic E-state index is 12.4. The first-order valence-corrected chi connectivity index (χ1v) is 8.41. The summed E-state index contributed by atoms with van der Waals surface area (Å²) in [4.78, 5) is 14.6. The first-order valence-electron chi connectivity index (χ1n) is 8.41. The minimum Gasteiger partial charge on any atom is -0.364 e. The molecule has 126 valence electrons. The first kappa shape index (κ1) is 16.4. The van der Waals surface area contributed by atoms with Crippen LogP contribution in [-0.4, -0.2) is 55.7 Å². The van der Waals surface area contributed by atoms with E-state index in [0.717, 1.165) is 25.7 Å². The number of likely N-dealkylation sites (N-methyl/N-ethyl adjacent to an activating group) is 1. The van der Waals surface area contributed by atoms with Crippen molar-refractivity contribution in [3.8, 4) is 0 Å². The average molecular weight is 317 g/mol. The maximum atomic E-state index is 12.4. The van der Waals surface area contributed by atoms with E-state index in [1.807, 2.05) is 0 Å². The molecule has 2 atom stereocenters. The fourth-order valence-corrected chi connectivity index (χ4v) is 3.71. The molecule has 0 unspecified atom stereocenters. The first-order chi connectivity index (χ1) is 11.0. The van der Waals surface area contributed by atoms with Crippen molar-refractivity contribution < 1.29 is 9.53 Å². The topological polar surface area (TPSA) is 67.6 Å². The number of nitrogens with two attached hydrogens (primary N) is 1. The van der Waals surface area contributed by atoms with E-state index in [2.05, 4.69) is 48.6 Å². The third kappa shape index (κ3) is 3.27. The van der Waals surface area contributed by atoms with Crippen LogP contribution in [0.5, 0.6) is 0 Å². The molecule has 0 radical (unpaired) electrons. The van der Waals surface area contributed by atoms with Crippen LogP contribution in [0.25, 0.3) is 0 Å². The Labute approximate surface area is 138 Å². The molecule has 0 saturated carbocycles. The second-order valence-corrected chi connectivity index (χ2v) is 7.02. The molecule has 3 rings (SSSR count). The van der Waals surface area contributed by atoms with Crippen LogP contribution >= 0.6 is 0 Å². The minimum atomic E-state index is -0.341. The van der Waals surface area contributed by atoms with Crippen molar-refractivity contribution in [3.05, 3.63) is 35.4 Å². The Morgan fingerprint density at radius 3 is 2.48 bits per heavy atom. The Bertz CT molecular complexity index is 548. The van der Waals surface area contributed by atoms with Gasteiger partial charge in [-0.3, -0.25) is 4.79 Å². The maximum Gasteiger partial charge on any atom is 0.249 e. The van der Waals surface area contributed by atoms with E-state index < -0.39 is 0 Å². The number of benzene rings is 1. The summed E-state index contributed by atoms with van der Waals surface area (Å²) in [5.41, 5.74) is 8.34. The van der Waals surface area contributed by atoms with Crippen molar-refractivity contribution in [2.24, 2.45) is 5.73 Å². The molecule has 1 amide bonds. The second kappa shape index (κ2) is 6.59. The van der Waals surface area contributed by atoms with E-state index in [-0.39, 0.29) is 23.7 Å². The number of fused-ring (bicyclic) bond motifs is 1. The highest BCUT2D eigenvalue weighted by molar-refractivity contribution is 5.81. The zero-order valence-electron chi connectivity index (χ0n) is 14.0. The summed E-state index contributed by atoms with van der Waals surface area (Å²) in [6.07, 6.45) is 3.26. The molecule has 0 aromatic heterocycles. The predicted molar refractivity (Wildman–Crippen MR) is 90.2 cm³/mol. The third-order valence-electron chi connectivity index (χ3n) is 5.36. The minimum absolute atomic E-state index is 0.00173. The van der Waals surface area contributed by atoms with E-state index in [1.54, 1.807) is 0 Å². The number of rotatable bonds is 5. The molecule has 5 nitrogen and oxygen atoms in total. The van der Waals surface area contributed by atoms with Gasteiger partial charge in [0.15, 0.2) is 0 Å². The lowest BCUT2D eigenvalue weighted by molar-refractivity contribution is -0.132. The number of hydrogen-bond donors (Lipinski definition) is 2. The van der Waals surface area contributed by atoms with Crippen LogP contribution < -0.4 is 11.1 Å². The average Bonchev–Trinajstić information content (AvgIpc) is 3.17. The molecule has 0 bridgehead atoms. The molecule has 5 heteroatoms. The number of hydrogen-bond acceptors (Lipinski definition) is 4. The molecule has 1 heterocycles. The largest absolute Gasteiger partial charge is 0.364 e. The van der Waals surface area contributed by atoms with Gasteiger partial charge >= 0.3 is 0 Å². The number of ether oxygens (including phenoxy) is 1. The van der Waals surface area contributed by atoms with Gasteiger partial charge < -0.3 is 20.7 Å². The van der Waals surface area contributed by atoms with Crippen molar-refractivity contribution in [3.63, 3.8) is 0 Å². The van der Waals surface area contributed by atoms with Crippen molar-refractivity contribution >= 4 is 5.91 Å². The molecule has 23 heavy (non-hydrogen) atoms. The Morgan fingerprint density at radius 1 is 1.30 bits per heavy atom. The molecule has 1 fully saturated rings.